The number of benzene rings is 2. The summed E-state index contributed by atoms with van der Waals surface area (Å²) in [5.41, 5.74) is 1.72. The molecule has 0 saturated heterocycles. The SMILES string of the molecule is Cl.Cl.OC[C@H](Cc1ccc(Oc2c(Cl)cncc2Cl)cc1)NC[C@H](O)c1cccc(Cl)c1. The van der Waals surface area contributed by atoms with Crippen LogP contribution in [0.4, 0.5) is 0 Å². The molecule has 0 aliphatic heterocycles. The van der Waals surface area contributed by atoms with Crippen molar-refractivity contribution < 1.29 is 14.9 Å². The quantitative estimate of drug-likeness (QED) is 0.315. The zero-order chi connectivity index (χ0) is 21.5. The molecular formula is C22H23Cl5N2O3. The van der Waals surface area contributed by atoms with Crippen molar-refractivity contribution in [1.29, 1.82) is 0 Å². The predicted octanol–water partition coefficient (Wildman–Crippen LogP) is 5.90. The van der Waals surface area contributed by atoms with E-state index in [1.54, 1.807) is 30.3 Å². The highest BCUT2D eigenvalue weighted by atomic mass is 35.5. The first-order valence-corrected chi connectivity index (χ1v) is 10.4. The van der Waals surface area contributed by atoms with Gasteiger partial charge in [-0.2, -0.15) is 0 Å². The number of hydrogen-bond acceptors (Lipinski definition) is 5. The number of ether oxygens (including phenoxy) is 1. The van der Waals surface area contributed by atoms with E-state index in [2.05, 4.69) is 10.3 Å². The van der Waals surface area contributed by atoms with Crippen LogP contribution in [0.2, 0.25) is 15.1 Å². The fourth-order valence-corrected chi connectivity index (χ4v) is 3.54. The molecular weight excluding hydrogens is 518 g/mol. The molecule has 0 aliphatic rings. The second-order valence-electron chi connectivity index (χ2n) is 6.74. The standard InChI is InChI=1S/C22H21Cl3N2O3.2ClH/c23-16-3-1-2-15(9-16)21(29)12-27-17(13-28)8-14-4-6-18(7-5-14)30-22-19(24)10-26-11-20(22)25;;/h1-7,9-11,17,21,27-29H,8,12-13H2;2*1H/t17-,21-;;/m0../s1. The van der Waals surface area contributed by atoms with Crippen LogP contribution in [0.1, 0.15) is 17.2 Å². The number of aromatic nitrogens is 1. The van der Waals surface area contributed by atoms with Crippen LogP contribution >= 0.6 is 59.6 Å². The Hall–Kier alpha value is -1.28. The van der Waals surface area contributed by atoms with E-state index in [1.165, 1.54) is 12.4 Å². The molecule has 0 radical (unpaired) electrons. The average molecular weight is 541 g/mol. The lowest BCUT2D eigenvalue weighted by Gasteiger charge is -2.19. The van der Waals surface area contributed by atoms with Crippen molar-refractivity contribution in [3.8, 4) is 11.5 Å². The number of hydrogen-bond donors (Lipinski definition) is 3. The molecule has 2 aromatic carbocycles. The second kappa shape index (κ2) is 14.1. The van der Waals surface area contributed by atoms with E-state index >= 15 is 0 Å². The first-order chi connectivity index (χ1) is 14.5. The Morgan fingerprint density at radius 3 is 2.22 bits per heavy atom. The maximum absolute atomic E-state index is 10.3. The molecule has 0 bridgehead atoms. The largest absolute Gasteiger partial charge is 0.454 e. The van der Waals surface area contributed by atoms with E-state index in [0.717, 1.165) is 11.1 Å². The van der Waals surface area contributed by atoms with Crippen LogP contribution in [-0.4, -0.2) is 34.4 Å². The van der Waals surface area contributed by atoms with Gasteiger partial charge in [0, 0.05) is 30.0 Å². The molecule has 1 heterocycles. The van der Waals surface area contributed by atoms with Gasteiger partial charge in [-0.05, 0) is 41.8 Å². The highest BCUT2D eigenvalue weighted by molar-refractivity contribution is 6.36. The number of nitrogens with zero attached hydrogens (tertiary/aromatic N) is 1. The van der Waals surface area contributed by atoms with E-state index < -0.39 is 6.10 Å². The number of halogens is 5. The van der Waals surface area contributed by atoms with Crippen molar-refractivity contribution in [2.75, 3.05) is 13.2 Å². The number of aliphatic hydroxyl groups excluding tert-OH is 2. The molecule has 0 spiro atoms. The minimum Gasteiger partial charge on any atom is -0.454 e. The number of aliphatic hydroxyl groups is 2. The predicted molar refractivity (Wildman–Crippen MR) is 134 cm³/mol. The van der Waals surface area contributed by atoms with Gasteiger partial charge in [-0.3, -0.25) is 4.98 Å². The van der Waals surface area contributed by atoms with Crippen molar-refractivity contribution in [3.05, 3.63) is 87.1 Å². The third-order valence-corrected chi connectivity index (χ3v) is 5.26. The molecule has 0 fully saturated rings. The minimum absolute atomic E-state index is 0. The molecule has 3 N–H and O–H groups in total. The summed E-state index contributed by atoms with van der Waals surface area (Å²) in [5, 5.41) is 24.4. The van der Waals surface area contributed by atoms with Crippen LogP contribution in [0.3, 0.4) is 0 Å². The average Bonchev–Trinajstić information content (AvgIpc) is 2.74. The lowest BCUT2D eigenvalue weighted by molar-refractivity contribution is 0.158. The molecule has 1 aromatic heterocycles. The van der Waals surface area contributed by atoms with Crippen molar-refractivity contribution in [1.82, 2.24) is 10.3 Å². The first kappa shape index (κ1) is 28.8. The third kappa shape index (κ3) is 8.25. The van der Waals surface area contributed by atoms with Crippen LogP contribution < -0.4 is 10.1 Å². The zero-order valence-electron chi connectivity index (χ0n) is 16.7. The van der Waals surface area contributed by atoms with Crippen LogP contribution in [0, 0.1) is 0 Å². The fourth-order valence-electron chi connectivity index (χ4n) is 2.90. The molecule has 174 valence electrons. The van der Waals surface area contributed by atoms with Gasteiger partial charge in [-0.15, -0.1) is 24.8 Å². The van der Waals surface area contributed by atoms with Gasteiger partial charge in [0.2, 0.25) is 0 Å². The Bertz CT molecular complexity index is 956. The molecule has 0 unspecified atom stereocenters. The highest BCUT2D eigenvalue weighted by Gasteiger charge is 2.14. The van der Waals surface area contributed by atoms with Gasteiger partial charge in [-0.25, -0.2) is 0 Å². The van der Waals surface area contributed by atoms with Crippen LogP contribution in [-0.2, 0) is 6.42 Å². The maximum atomic E-state index is 10.3. The summed E-state index contributed by atoms with van der Waals surface area (Å²) in [7, 11) is 0. The first-order valence-electron chi connectivity index (χ1n) is 9.30. The molecule has 32 heavy (non-hydrogen) atoms. The molecule has 5 nitrogen and oxygen atoms in total. The Morgan fingerprint density at radius 1 is 0.969 bits per heavy atom. The lowest BCUT2D eigenvalue weighted by Crippen LogP contribution is -2.37. The van der Waals surface area contributed by atoms with Crippen LogP contribution in [0.25, 0.3) is 0 Å². The molecule has 0 saturated carbocycles. The summed E-state index contributed by atoms with van der Waals surface area (Å²) in [6.45, 7) is 0.231. The van der Waals surface area contributed by atoms with Gasteiger partial charge in [0.05, 0.1) is 12.7 Å². The molecule has 0 aliphatic carbocycles. The lowest BCUT2D eigenvalue weighted by atomic mass is 10.1. The monoisotopic (exact) mass is 538 g/mol. The molecule has 10 heteroatoms. The van der Waals surface area contributed by atoms with E-state index in [4.69, 9.17) is 39.5 Å². The summed E-state index contributed by atoms with van der Waals surface area (Å²) in [4.78, 5) is 3.90. The van der Waals surface area contributed by atoms with Crippen LogP contribution in [0.15, 0.2) is 60.9 Å². The molecule has 2 atom stereocenters. The van der Waals surface area contributed by atoms with Gasteiger partial charge < -0.3 is 20.3 Å². The van der Waals surface area contributed by atoms with Gasteiger partial charge in [-0.1, -0.05) is 59.1 Å². The van der Waals surface area contributed by atoms with E-state index in [1.807, 2.05) is 18.2 Å². The van der Waals surface area contributed by atoms with E-state index in [0.29, 0.717) is 39.5 Å². The second-order valence-corrected chi connectivity index (χ2v) is 7.99. The number of pyridine rings is 1. The maximum Gasteiger partial charge on any atom is 0.167 e. The molecule has 3 rings (SSSR count). The number of rotatable bonds is 9. The van der Waals surface area contributed by atoms with Crippen molar-refractivity contribution in [3.63, 3.8) is 0 Å². The molecule has 0 amide bonds. The summed E-state index contributed by atoms with van der Waals surface area (Å²) in [6.07, 6.45) is 2.79. The van der Waals surface area contributed by atoms with Gasteiger partial charge in [0.1, 0.15) is 15.8 Å². The Balaban J connectivity index is 0.00000256. The zero-order valence-corrected chi connectivity index (χ0v) is 20.7. The highest BCUT2D eigenvalue weighted by Crippen LogP contribution is 2.35. The topological polar surface area (TPSA) is 74.6 Å². The molecule has 3 aromatic rings. The fraction of sp³-hybridized carbons (Fsp3) is 0.227. The summed E-state index contributed by atoms with van der Waals surface area (Å²) in [5.74, 6) is 0.935. The summed E-state index contributed by atoms with van der Waals surface area (Å²) in [6, 6.07) is 14.3. The van der Waals surface area contributed by atoms with Crippen molar-refractivity contribution in [2.45, 2.75) is 18.6 Å². The third-order valence-electron chi connectivity index (χ3n) is 4.49. The Morgan fingerprint density at radius 2 is 1.62 bits per heavy atom. The summed E-state index contributed by atoms with van der Waals surface area (Å²) < 4.78 is 5.75. The number of nitrogens with one attached hydrogen (secondary N) is 1. The van der Waals surface area contributed by atoms with Crippen LogP contribution in [0.5, 0.6) is 11.5 Å². The Kier molecular flexibility index (Phi) is 12.7. The van der Waals surface area contributed by atoms with Gasteiger partial charge in [0.15, 0.2) is 5.75 Å². The van der Waals surface area contributed by atoms with Gasteiger partial charge >= 0.3 is 0 Å². The minimum atomic E-state index is -0.719. The smallest absolute Gasteiger partial charge is 0.167 e. The van der Waals surface area contributed by atoms with Gasteiger partial charge in [0.25, 0.3) is 0 Å². The Labute approximate surface area is 214 Å². The van der Waals surface area contributed by atoms with Crippen molar-refractivity contribution >= 4 is 59.6 Å². The normalized spacial score (nSPS) is 12.3. The van der Waals surface area contributed by atoms with Crippen molar-refractivity contribution in [2.24, 2.45) is 0 Å². The summed E-state index contributed by atoms with van der Waals surface area (Å²) >= 11 is 18.1. The van der Waals surface area contributed by atoms with E-state index in [9.17, 15) is 10.2 Å². The van der Waals surface area contributed by atoms with E-state index in [-0.39, 0.29) is 37.5 Å².